The Bertz CT molecular complexity index is 1220. The molecule has 0 aliphatic carbocycles. The first kappa shape index (κ1) is 23.5. The summed E-state index contributed by atoms with van der Waals surface area (Å²) in [7, 11) is 0. The first-order chi connectivity index (χ1) is 16.2. The average molecular weight is 476 g/mol. The fourth-order valence-corrected chi connectivity index (χ4v) is 3.69. The van der Waals surface area contributed by atoms with Crippen LogP contribution in [0.5, 0.6) is 0 Å². The number of alkyl halides is 3. The number of hydrogen-bond donors (Lipinski definition) is 2. The van der Waals surface area contributed by atoms with E-state index in [-0.39, 0.29) is 29.8 Å². The second-order valence-electron chi connectivity index (χ2n) is 7.78. The number of halogens is 3. The molecule has 0 atom stereocenters. The molecule has 34 heavy (non-hydrogen) atoms. The maximum atomic E-state index is 13.2. The molecule has 0 radical (unpaired) electrons. The number of nitrogens with zero attached hydrogens (tertiary/aromatic N) is 4. The van der Waals surface area contributed by atoms with E-state index in [1.165, 1.54) is 16.9 Å². The molecule has 1 aliphatic rings. The molecule has 4 rings (SSSR count). The zero-order valence-electron chi connectivity index (χ0n) is 18.4. The number of hydrogen-bond acceptors (Lipinski definition) is 6. The van der Waals surface area contributed by atoms with E-state index in [2.05, 4.69) is 20.4 Å². The lowest BCUT2D eigenvalue weighted by Crippen LogP contribution is -2.38. The number of morpholine rings is 1. The molecule has 1 saturated heterocycles. The Morgan fingerprint density at radius 2 is 2.03 bits per heavy atom. The number of carbonyl (C=O) groups is 1. The van der Waals surface area contributed by atoms with Gasteiger partial charge >= 0.3 is 6.18 Å². The highest BCUT2D eigenvalue weighted by Gasteiger charge is 2.31. The fraction of sp³-hybridized carbons (Fsp3) is 0.364. The van der Waals surface area contributed by atoms with Crippen LogP contribution < -0.4 is 15.8 Å². The van der Waals surface area contributed by atoms with E-state index in [1.54, 1.807) is 19.2 Å². The van der Waals surface area contributed by atoms with E-state index in [0.717, 1.165) is 12.1 Å². The first-order valence-corrected chi connectivity index (χ1v) is 10.7. The van der Waals surface area contributed by atoms with Crippen molar-refractivity contribution in [3.8, 4) is 5.69 Å². The predicted octanol–water partition coefficient (Wildman–Crippen LogP) is 2.69. The summed E-state index contributed by atoms with van der Waals surface area (Å²) < 4.78 is 46.3. The zero-order chi connectivity index (χ0) is 24.3. The lowest BCUT2D eigenvalue weighted by atomic mass is 10.1. The van der Waals surface area contributed by atoms with E-state index in [4.69, 9.17) is 4.74 Å². The van der Waals surface area contributed by atoms with E-state index >= 15 is 0 Å². The molecule has 1 aromatic carbocycles. The van der Waals surface area contributed by atoms with Crippen LogP contribution >= 0.6 is 0 Å². The van der Waals surface area contributed by atoms with E-state index in [9.17, 15) is 22.8 Å². The number of aromatic nitrogens is 4. The third-order valence-electron chi connectivity index (χ3n) is 5.47. The molecular weight excluding hydrogens is 453 g/mol. The zero-order valence-corrected chi connectivity index (χ0v) is 18.4. The van der Waals surface area contributed by atoms with Crippen molar-refractivity contribution in [3.63, 3.8) is 0 Å². The molecule has 1 aliphatic heterocycles. The number of amides is 1. The van der Waals surface area contributed by atoms with Crippen LogP contribution in [0.1, 0.15) is 23.2 Å². The van der Waals surface area contributed by atoms with Crippen LogP contribution in [0.15, 0.2) is 41.5 Å². The van der Waals surface area contributed by atoms with Gasteiger partial charge in [-0.2, -0.15) is 18.3 Å². The number of aryl methyl sites for hydroxylation is 1. The van der Waals surface area contributed by atoms with Gasteiger partial charge in [0, 0.05) is 43.2 Å². The van der Waals surface area contributed by atoms with Crippen LogP contribution in [0.4, 0.5) is 24.8 Å². The molecule has 9 nitrogen and oxygen atoms in total. The summed E-state index contributed by atoms with van der Waals surface area (Å²) in [6.45, 7) is 4.00. The van der Waals surface area contributed by atoms with Crippen molar-refractivity contribution in [2.24, 2.45) is 0 Å². The summed E-state index contributed by atoms with van der Waals surface area (Å²) in [6, 6.07) is 4.66. The Balaban J connectivity index is 1.49. The lowest BCUT2D eigenvalue weighted by molar-refractivity contribution is -0.137. The molecule has 12 heteroatoms. The number of benzene rings is 1. The molecule has 0 spiro atoms. The number of aromatic amines is 1. The number of carbonyl (C=O) groups excluding carboxylic acids is 1. The van der Waals surface area contributed by atoms with Gasteiger partial charge in [0.1, 0.15) is 0 Å². The number of rotatable bonds is 6. The quantitative estimate of drug-likeness (QED) is 0.567. The van der Waals surface area contributed by atoms with Crippen LogP contribution in [0, 0.1) is 6.92 Å². The molecule has 0 unspecified atom stereocenters. The molecule has 0 saturated carbocycles. The van der Waals surface area contributed by atoms with Gasteiger partial charge < -0.3 is 15.0 Å². The minimum atomic E-state index is -4.57. The molecular formula is C22H23F3N6O3. The van der Waals surface area contributed by atoms with Gasteiger partial charge in [-0.05, 0) is 37.6 Å². The van der Waals surface area contributed by atoms with Gasteiger partial charge in [0.05, 0.1) is 30.2 Å². The fourth-order valence-electron chi connectivity index (χ4n) is 3.69. The van der Waals surface area contributed by atoms with Crippen LogP contribution in [0.3, 0.4) is 0 Å². The van der Waals surface area contributed by atoms with Crippen molar-refractivity contribution < 1.29 is 22.7 Å². The molecule has 1 amide bonds. The number of ether oxygens (including phenoxy) is 1. The van der Waals surface area contributed by atoms with Crippen molar-refractivity contribution >= 4 is 17.5 Å². The van der Waals surface area contributed by atoms with Crippen LogP contribution in [0.25, 0.3) is 5.69 Å². The molecule has 180 valence electrons. The third-order valence-corrected chi connectivity index (χ3v) is 5.47. The maximum absolute atomic E-state index is 13.2. The van der Waals surface area contributed by atoms with Gasteiger partial charge in [0.2, 0.25) is 11.9 Å². The molecule has 2 N–H and O–H groups in total. The largest absolute Gasteiger partial charge is 0.416 e. The Kier molecular flexibility index (Phi) is 6.68. The normalized spacial score (nSPS) is 14.3. The first-order valence-electron chi connectivity index (χ1n) is 10.7. The minimum Gasteiger partial charge on any atom is -0.378 e. The SMILES string of the molecule is Cc1nc(N2CCOCC2)[nH]c(=O)c1CCC(=O)Nc1cc(C(F)(F)F)ccc1-n1cccn1. The topological polar surface area (TPSA) is 105 Å². The lowest BCUT2D eigenvalue weighted by Gasteiger charge is -2.27. The summed E-state index contributed by atoms with van der Waals surface area (Å²) >= 11 is 0. The summed E-state index contributed by atoms with van der Waals surface area (Å²) in [4.78, 5) is 34.4. The molecule has 2 aromatic heterocycles. The minimum absolute atomic E-state index is 0.0325. The van der Waals surface area contributed by atoms with Gasteiger partial charge in [-0.25, -0.2) is 9.67 Å². The van der Waals surface area contributed by atoms with Gasteiger partial charge in [-0.1, -0.05) is 0 Å². The smallest absolute Gasteiger partial charge is 0.378 e. The van der Waals surface area contributed by atoms with Crippen molar-refractivity contribution in [1.82, 2.24) is 19.7 Å². The van der Waals surface area contributed by atoms with Crippen molar-refractivity contribution in [2.75, 3.05) is 36.5 Å². The van der Waals surface area contributed by atoms with Crippen LogP contribution in [-0.2, 0) is 22.1 Å². The highest BCUT2D eigenvalue weighted by Crippen LogP contribution is 2.33. The molecule has 3 heterocycles. The maximum Gasteiger partial charge on any atom is 0.416 e. The van der Waals surface area contributed by atoms with Gasteiger partial charge in [0.25, 0.3) is 5.56 Å². The monoisotopic (exact) mass is 476 g/mol. The summed E-state index contributed by atoms with van der Waals surface area (Å²) in [5.41, 5.74) is -0.142. The van der Waals surface area contributed by atoms with Crippen molar-refractivity contribution in [3.05, 3.63) is 63.8 Å². The Hall–Kier alpha value is -3.67. The number of H-pyrrole nitrogens is 1. The van der Waals surface area contributed by atoms with Crippen LogP contribution in [-0.4, -0.2) is 52.0 Å². The third kappa shape index (κ3) is 5.28. The molecule has 0 bridgehead atoms. The van der Waals surface area contributed by atoms with Gasteiger partial charge in [0.15, 0.2) is 0 Å². The Labute approximate surface area is 192 Å². The summed E-state index contributed by atoms with van der Waals surface area (Å²) in [5, 5.41) is 6.56. The highest BCUT2D eigenvalue weighted by molar-refractivity contribution is 5.93. The van der Waals surface area contributed by atoms with Gasteiger partial charge in [-0.3, -0.25) is 14.6 Å². The average Bonchev–Trinajstić information content (AvgIpc) is 3.33. The molecule has 1 fully saturated rings. The Morgan fingerprint density at radius 3 is 2.68 bits per heavy atom. The van der Waals surface area contributed by atoms with E-state index < -0.39 is 17.6 Å². The van der Waals surface area contributed by atoms with Crippen LogP contribution in [0.2, 0.25) is 0 Å². The molecule has 3 aromatic rings. The standard InChI is InChI=1S/C22H23F3N6O3/c1-14-16(20(33)29-21(27-14)30-9-11-34-12-10-30)4-6-19(32)28-17-13-15(22(23,24)25)3-5-18(17)31-8-2-7-26-31/h2-3,5,7-8,13H,4,6,9-12H2,1H3,(H,28,32)(H,27,29,33). The predicted molar refractivity (Wildman–Crippen MR) is 118 cm³/mol. The van der Waals surface area contributed by atoms with E-state index in [0.29, 0.717) is 43.5 Å². The Morgan fingerprint density at radius 1 is 1.26 bits per heavy atom. The summed E-state index contributed by atoms with van der Waals surface area (Å²) in [6.07, 6.45) is -1.56. The number of nitrogens with one attached hydrogen (secondary N) is 2. The van der Waals surface area contributed by atoms with Crippen molar-refractivity contribution in [2.45, 2.75) is 25.9 Å². The van der Waals surface area contributed by atoms with Gasteiger partial charge in [-0.15, -0.1) is 0 Å². The second kappa shape index (κ2) is 9.67. The summed E-state index contributed by atoms with van der Waals surface area (Å²) in [5.74, 6) is -0.0874. The van der Waals surface area contributed by atoms with Crippen molar-refractivity contribution in [1.29, 1.82) is 0 Å². The number of anilines is 2. The second-order valence-corrected chi connectivity index (χ2v) is 7.78. The highest BCUT2D eigenvalue weighted by atomic mass is 19.4. The van der Waals surface area contributed by atoms with E-state index in [1.807, 2.05) is 4.90 Å².